The fourth-order valence-electron chi connectivity index (χ4n) is 3.93. The van der Waals surface area contributed by atoms with Gasteiger partial charge in [-0.25, -0.2) is 8.42 Å². The van der Waals surface area contributed by atoms with Crippen LogP contribution in [0, 0.1) is 0 Å². The van der Waals surface area contributed by atoms with Crippen LogP contribution in [0.1, 0.15) is 37.7 Å². The van der Waals surface area contributed by atoms with Gasteiger partial charge >= 0.3 is 0 Å². The Kier molecular flexibility index (Phi) is 8.36. The highest BCUT2D eigenvalue weighted by molar-refractivity contribution is 14.0. The maximum atomic E-state index is 11.5. The molecule has 2 aliphatic rings. The molecule has 1 saturated heterocycles. The minimum atomic E-state index is -3.14. The van der Waals surface area contributed by atoms with Crippen molar-refractivity contribution < 1.29 is 8.42 Å². The summed E-state index contributed by atoms with van der Waals surface area (Å²) in [6.45, 7) is 2.88. The molecule has 0 aromatic heterocycles. The zero-order chi connectivity index (χ0) is 18.6. The lowest BCUT2D eigenvalue weighted by molar-refractivity contribution is 0.242. The largest absolute Gasteiger partial charge is 0.352 e. The first kappa shape index (κ1) is 22.4. The molecule has 0 amide bonds. The van der Waals surface area contributed by atoms with Crippen molar-refractivity contribution in [2.24, 2.45) is 4.99 Å². The lowest BCUT2D eigenvalue weighted by atomic mass is 10.2. The third-order valence-corrected chi connectivity index (χ3v) is 6.57. The van der Waals surface area contributed by atoms with E-state index in [1.165, 1.54) is 38.5 Å². The Hall–Kier alpha value is -0.870. The second kappa shape index (κ2) is 10.1. The van der Waals surface area contributed by atoms with E-state index in [2.05, 4.69) is 20.5 Å². The fourth-order valence-corrected chi connectivity index (χ4v) is 4.56. The van der Waals surface area contributed by atoms with Crippen molar-refractivity contribution in [1.82, 2.24) is 15.5 Å². The predicted molar refractivity (Wildman–Crippen MR) is 121 cm³/mol. The molecule has 1 unspecified atom stereocenters. The van der Waals surface area contributed by atoms with Crippen LogP contribution in [0.5, 0.6) is 0 Å². The number of rotatable bonds is 5. The molecule has 0 spiro atoms. The Bertz CT molecular complexity index is 731. The van der Waals surface area contributed by atoms with E-state index >= 15 is 0 Å². The van der Waals surface area contributed by atoms with Gasteiger partial charge in [-0.3, -0.25) is 9.89 Å². The topological polar surface area (TPSA) is 73.8 Å². The lowest BCUT2D eigenvalue weighted by Crippen LogP contribution is -2.45. The summed E-state index contributed by atoms with van der Waals surface area (Å²) >= 11 is 0. The Morgan fingerprint density at radius 2 is 1.85 bits per heavy atom. The summed E-state index contributed by atoms with van der Waals surface area (Å²) in [5.41, 5.74) is 1.03. The van der Waals surface area contributed by atoms with Crippen LogP contribution in [-0.2, 0) is 16.4 Å². The van der Waals surface area contributed by atoms with Crippen molar-refractivity contribution in [2.45, 2.75) is 55.6 Å². The third kappa shape index (κ3) is 6.32. The van der Waals surface area contributed by atoms with Crippen LogP contribution in [0.3, 0.4) is 0 Å². The molecule has 8 heteroatoms. The molecule has 3 rings (SSSR count). The summed E-state index contributed by atoms with van der Waals surface area (Å²) in [5.74, 6) is 0.801. The van der Waals surface area contributed by atoms with Crippen molar-refractivity contribution >= 4 is 39.8 Å². The van der Waals surface area contributed by atoms with Gasteiger partial charge < -0.3 is 10.6 Å². The summed E-state index contributed by atoms with van der Waals surface area (Å²) in [6, 6.07) is 8.21. The van der Waals surface area contributed by atoms with E-state index in [4.69, 9.17) is 0 Å². The van der Waals surface area contributed by atoms with E-state index in [-0.39, 0.29) is 24.0 Å². The molecule has 1 atom stereocenters. The number of nitrogens with one attached hydrogen (secondary N) is 2. The van der Waals surface area contributed by atoms with Gasteiger partial charge in [0, 0.05) is 45.0 Å². The van der Waals surface area contributed by atoms with Crippen molar-refractivity contribution in [3.8, 4) is 0 Å². The van der Waals surface area contributed by atoms with E-state index in [0.717, 1.165) is 30.5 Å². The molecule has 1 saturated carbocycles. The Morgan fingerprint density at radius 3 is 2.44 bits per heavy atom. The summed E-state index contributed by atoms with van der Waals surface area (Å²) in [5, 5.41) is 6.85. The molecule has 1 aliphatic carbocycles. The van der Waals surface area contributed by atoms with E-state index < -0.39 is 9.84 Å². The molecule has 6 nitrogen and oxygen atoms in total. The third-order valence-electron chi connectivity index (χ3n) is 5.44. The van der Waals surface area contributed by atoms with Crippen LogP contribution < -0.4 is 10.6 Å². The highest BCUT2D eigenvalue weighted by Crippen LogP contribution is 2.26. The molecule has 1 aromatic carbocycles. The van der Waals surface area contributed by atoms with Crippen molar-refractivity contribution in [2.75, 3.05) is 26.4 Å². The minimum Gasteiger partial charge on any atom is -0.352 e. The van der Waals surface area contributed by atoms with Gasteiger partial charge in [0.25, 0.3) is 0 Å². The number of halogens is 1. The number of guanidine groups is 1. The second-order valence-corrected chi connectivity index (χ2v) is 9.42. The standard InChI is InChI=1S/C19H30N4O2S.HI/c1-20-19(21-13-15-7-9-18(10-8-15)26(2,24)25)22-16-11-12-23(14-16)17-5-3-4-6-17;/h7-10,16-17H,3-6,11-14H2,1-2H3,(H2,20,21,22);1H. The van der Waals surface area contributed by atoms with Crippen LogP contribution in [0.15, 0.2) is 34.2 Å². The van der Waals surface area contributed by atoms with Crippen LogP contribution in [-0.4, -0.2) is 57.8 Å². The molecule has 0 radical (unpaired) electrons. The fraction of sp³-hybridized carbons (Fsp3) is 0.632. The monoisotopic (exact) mass is 506 g/mol. The molecule has 27 heavy (non-hydrogen) atoms. The maximum absolute atomic E-state index is 11.5. The molecular weight excluding hydrogens is 475 g/mol. The normalized spacial score (nSPS) is 21.9. The summed E-state index contributed by atoms with van der Waals surface area (Å²) < 4.78 is 23.0. The predicted octanol–water partition coefficient (Wildman–Crippen LogP) is 2.39. The molecular formula is C19H31IN4O2S. The summed E-state index contributed by atoms with van der Waals surface area (Å²) in [4.78, 5) is 7.30. The van der Waals surface area contributed by atoms with Gasteiger partial charge in [-0.2, -0.15) is 0 Å². The first-order valence-electron chi connectivity index (χ1n) is 9.46. The quantitative estimate of drug-likeness (QED) is 0.365. The number of hydrogen-bond donors (Lipinski definition) is 2. The van der Waals surface area contributed by atoms with E-state index in [9.17, 15) is 8.42 Å². The SMILES string of the molecule is CN=C(NCc1ccc(S(C)(=O)=O)cc1)NC1CCN(C2CCCC2)C1.I. The van der Waals surface area contributed by atoms with Gasteiger partial charge in [0.15, 0.2) is 15.8 Å². The zero-order valence-electron chi connectivity index (χ0n) is 16.1. The van der Waals surface area contributed by atoms with E-state index in [1.807, 2.05) is 12.1 Å². The number of benzene rings is 1. The van der Waals surface area contributed by atoms with Crippen molar-refractivity contribution in [3.63, 3.8) is 0 Å². The minimum absolute atomic E-state index is 0. The average molecular weight is 506 g/mol. The Labute approximate surface area is 180 Å². The van der Waals surface area contributed by atoms with Crippen LogP contribution in [0.25, 0.3) is 0 Å². The second-order valence-electron chi connectivity index (χ2n) is 7.41. The number of aliphatic imine (C=N–C) groups is 1. The van der Waals surface area contributed by atoms with Crippen LogP contribution in [0.2, 0.25) is 0 Å². The van der Waals surface area contributed by atoms with Gasteiger partial charge in [-0.05, 0) is 37.0 Å². The molecule has 152 valence electrons. The highest BCUT2D eigenvalue weighted by Gasteiger charge is 2.30. The average Bonchev–Trinajstić information content (AvgIpc) is 3.29. The van der Waals surface area contributed by atoms with Gasteiger partial charge in [-0.15, -0.1) is 24.0 Å². The summed E-state index contributed by atoms with van der Waals surface area (Å²) in [7, 11) is -1.36. The maximum Gasteiger partial charge on any atom is 0.191 e. The van der Waals surface area contributed by atoms with Gasteiger partial charge in [0.1, 0.15) is 0 Å². The highest BCUT2D eigenvalue weighted by atomic mass is 127. The molecule has 1 aromatic rings. The number of likely N-dealkylation sites (tertiary alicyclic amines) is 1. The molecule has 1 aliphatic heterocycles. The zero-order valence-corrected chi connectivity index (χ0v) is 19.3. The Balaban J connectivity index is 0.00000261. The smallest absolute Gasteiger partial charge is 0.191 e. The number of nitrogens with zero attached hydrogens (tertiary/aromatic N) is 2. The van der Waals surface area contributed by atoms with Gasteiger partial charge in [0.2, 0.25) is 0 Å². The molecule has 2 fully saturated rings. The molecule has 0 bridgehead atoms. The van der Waals surface area contributed by atoms with Crippen molar-refractivity contribution in [3.05, 3.63) is 29.8 Å². The molecule has 1 heterocycles. The van der Waals surface area contributed by atoms with Crippen molar-refractivity contribution in [1.29, 1.82) is 0 Å². The first-order valence-corrected chi connectivity index (χ1v) is 11.3. The van der Waals surface area contributed by atoms with Gasteiger partial charge in [0.05, 0.1) is 4.90 Å². The summed E-state index contributed by atoms with van der Waals surface area (Å²) in [6.07, 6.45) is 7.83. The van der Waals surface area contributed by atoms with Crippen LogP contribution >= 0.6 is 24.0 Å². The number of hydrogen-bond acceptors (Lipinski definition) is 4. The molecule has 2 N–H and O–H groups in total. The van der Waals surface area contributed by atoms with Crippen LogP contribution in [0.4, 0.5) is 0 Å². The van der Waals surface area contributed by atoms with E-state index in [0.29, 0.717) is 17.5 Å². The van der Waals surface area contributed by atoms with Gasteiger partial charge in [-0.1, -0.05) is 25.0 Å². The lowest BCUT2D eigenvalue weighted by Gasteiger charge is -2.24. The number of sulfone groups is 1. The van der Waals surface area contributed by atoms with E-state index in [1.54, 1.807) is 19.2 Å². The first-order chi connectivity index (χ1) is 12.5. The Morgan fingerprint density at radius 1 is 1.19 bits per heavy atom.